The van der Waals surface area contributed by atoms with Gasteiger partial charge in [-0.1, -0.05) is 96.8 Å². The van der Waals surface area contributed by atoms with Crippen molar-refractivity contribution in [2.24, 2.45) is 17.2 Å². The Hall–Kier alpha value is -1.34. The molecule has 0 spiro atoms. The number of unbranched alkanes of at least 4 members (excludes halogenated alkanes) is 15. The maximum Gasteiger partial charge on any atom is 0.223 e. The van der Waals surface area contributed by atoms with Crippen molar-refractivity contribution >= 4 is 17.7 Å². The SMILES string of the molecule is CCCCCCCCCCCCCCCCCC[N+](CCC(N)=O)(CCC(N)=O)CCC(N)=O.[Cl-]. The number of nitrogens with two attached hydrogens (primary N) is 3. The summed E-state index contributed by atoms with van der Waals surface area (Å²) in [5.41, 5.74) is 16.1. The summed E-state index contributed by atoms with van der Waals surface area (Å²) in [6.45, 7) is 4.65. The zero-order valence-electron chi connectivity index (χ0n) is 22.5. The summed E-state index contributed by atoms with van der Waals surface area (Å²) in [7, 11) is 0. The Morgan fingerprint density at radius 2 is 0.714 bits per heavy atom. The van der Waals surface area contributed by atoms with Crippen LogP contribution in [-0.2, 0) is 14.4 Å². The maximum absolute atomic E-state index is 11.4. The van der Waals surface area contributed by atoms with Gasteiger partial charge >= 0.3 is 0 Å². The summed E-state index contributed by atoms with van der Waals surface area (Å²) < 4.78 is 0.507. The van der Waals surface area contributed by atoms with Crippen LogP contribution >= 0.6 is 0 Å². The molecule has 0 aromatic rings. The van der Waals surface area contributed by atoms with Gasteiger partial charge in [0.15, 0.2) is 0 Å². The van der Waals surface area contributed by atoms with E-state index in [9.17, 15) is 14.4 Å². The first-order valence-electron chi connectivity index (χ1n) is 14.0. The minimum atomic E-state index is -0.368. The smallest absolute Gasteiger partial charge is 0.223 e. The predicted octanol–water partition coefficient (Wildman–Crippen LogP) is 1.69. The van der Waals surface area contributed by atoms with Crippen molar-refractivity contribution in [2.45, 2.75) is 129 Å². The number of halogens is 1. The van der Waals surface area contributed by atoms with E-state index in [2.05, 4.69) is 6.92 Å². The molecule has 7 nitrogen and oxygen atoms in total. The highest BCUT2D eigenvalue weighted by Crippen LogP contribution is 2.17. The van der Waals surface area contributed by atoms with Crippen LogP contribution in [0.3, 0.4) is 0 Å². The Kier molecular flexibility index (Phi) is 24.9. The molecular formula is C27H55ClN4O3. The molecule has 0 aliphatic rings. The van der Waals surface area contributed by atoms with E-state index in [1.165, 1.54) is 89.9 Å². The van der Waals surface area contributed by atoms with Crippen molar-refractivity contribution < 1.29 is 31.3 Å². The Labute approximate surface area is 221 Å². The van der Waals surface area contributed by atoms with Crippen LogP contribution in [0.5, 0.6) is 0 Å². The molecule has 0 saturated carbocycles. The number of rotatable bonds is 26. The number of hydrogen-bond donors (Lipinski definition) is 3. The quantitative estimate of drug-likeness (QED) is 0.119. The molecule has 0 fully saturated rings. The van der Waals surface area contributed by atoms with Crippen LogP contribution in [-0.4, -0.2) is 48.4 Å². The van der Waals surface area contributed by atoms with Gasteiger partial charge in [-0.05, 0) is 12.8 Å². The van der Waals surface area contributed by atoms with Gasteiger partial charge in [0, 0.05) is 0 Å². The molecule has 0 atom stereocenters. The van der Waals surface area contributed by atoms with E-state index in [4.69, 9.17) is 17.2 Å². The molecule has 0 saturated heterocycles. The van der Waals surface area contributed by atoms with Crippen LogP contribution in [0.1, 0.15) is 129 Å². The van der Waals surface area contributed by atoms with Crippen molar-refractivity contribution in [2.75, 3.05) is 26.2 Å². The average molecular weight is 519 g/mol. The van der Waals surface area contributed by atoms with Crippen LogP contribution in [0, 0.1) is 0 Å². The molecule has 0 heterocycles. The molecule has 3 amide bonds. The van der Waals surface area contributed by atoms with E-state index in [1.807, 2.05) is 0 Å². The molecule has 8 heteroatoms. The minimum absolute atomic E-state index is 0. The first-order valence-corrected chi connectivity index (χ1v) is 14.0. The van der Waals surface area contributed by atoms with Crippen LogP contribution in [0.25, 0.3) is 0 Å². The van der Waals surface area contributed by atoms with E-state index >= 15 is 0 Å². The normalized spacial score (nSPS) is 11.2. The summed E-state index contributed by atoms with van der Waals surface area (Å²) in [4.78, 5) is 34.1. The summed E-state index contributed by atoms with van der Waals surface area (Å²) in [6.07, 6.45) is 21.7. The van der Waals surface area contributed by atoms with Gasteiger partial charge in [0.1, 0.15) is 0 Å². The third-order valence-electron chi connectivity index (χ3n) is 6.98. The molecule has 208 valence electrons. The molecule has 0 rings (SSSR count). The van der Waals surface area contributed by atoms with Crippen LogP contribution in [0.2, 0.25) is 0 Å². The molecule has 0 aromatic heterocycles. The number of hydrogen-bond acceptors (Lipinski definition) is 3. The van der Waals surface area contributed by atoms with Gasteiger partial charge in [-0.25, -0.2) is 0 Å². The van der Waals surface area contributed by atoms with Crippen LogP contribution < -0.4 is 29.6 Å². The average Bonchev–Trinajstić information content (AvgIpc) is 2.79. The summed E-state index contributed by atoms with van der Waals surface area (Å²) >= 11 is 0. The molecule has 35 heavy (non-hydrogen) atoms. The topological polar surface area (TPSA) is 129 Å². The van der Waals surface area contributed by atoms with Crippen LogP contribution in [0.15, 0.2) is 0 Å². The van der Waals surface area contributed by atoms with Gasteiger partial charge in [0.05, 0.1) is 45.4 Å². The number of amides is 3. The van der Waals surface area contributed by atoms with E-state index in [-0.39, 0.29) is 49.4 Å². The van der Waals surface area contributed by atoms with Gasteiger partial charge in [-0.15, -0.1) is 0 Å². The fourth-order valence-electron chi connectivity index (χ4n) is 4.71. The fraction of sp³-hybridized carbons (Fsp3) is 0.889. The second-order valence-electron chi connectivity index (χ2n) is 10.2. The Morgan fingerprint density at radius 1 is 0.457 bits per heavy atom. The molecule has 6 N–H and O–H groups in total. The lowest BCUT2D eigenvalue weighted by atomic mass is 10.0. The Balaban J connectivity index is 0. The van der Waals surface area contributed by atoms with E-state index in [1.54, 1.807) is 0 Å². The lowest BCUT2D eigenvalue weighted by Gasteiger charge is -2.38. The van der Waals surface area contributed by atoms with E-state index in [0.717, 1.165) is 19.4 Å². The second kappa shape index (κ2) is 24.4. The lowest BCUT2D eigenvalue weighted by Crippen LogP contribution is -3.00. The third kappa shape index (κ3) is 24.1. The summed E-state index contributed by atoms with van der Waals surface area (Å²) in [6, 6.07) is 0. The first kappa shape index (κ1) is 35.8. The summed E-state index contributed by atoms with van der Waals surface area (Å²) in [5.74, 6) is -1.10. The first-order chi connectivity index (χ1) is 16.3. The number of primary amides is 3. The van der Waals surface area contributed by atoms with Gasteiger partial charge in [-0.2, -0.15) is 0 Å². The van der Waals surface area contributed by atoms with Gasteiger partial charge in [-0.3, -0.25) is 14.4 Å². The number of carbonyl (C=O) groups is 3. The number of carbonyl (C=O) groups excluding carboxylic acids is 3. The van der Waals surface area contributed by atoms with Crippen molar-refractivity contribution in [1.82, 2.24) is 0 Å². The molecule has 0 aliphatic heterocycles. The standard InChI is InChI=1S/C27H54N4O3.ClH/c1-2-3-4-5-6-7-8-9-10-11-12-13-14-15-16-17-21-31(22-18-25(28)32,23-19-26(29)33)24-20-27(30)34;/h2-24H2,1H3,(H5-,28,29,30,32,33,34);1H. The molecule has 0 unspecified atom stereocenters. The van der Waals surface area contributed by atoms with Gasteiger partial charge in [0.2, 0.25) is 17.7 Å². The minimum Gasteiger partial charge on any atom is -1.00 e. The zero-order valence-corrected chi connectivity index (χ0v) is 23.3. The van der Waals surface area contributed by atoms with Crippen molar-refractivity contribution in [1.29, 1.82) is 0 Å². The Morgan fingerprint density at radius 3 is 0.971 bits per heavy atom. The summed E-state index contributed by atoms with van der Waals surface area (Å²) in [5, 5.41) is 0. The van der Waals surface area contributed by atoms with Gasteiger partial charge < -0.3 is 34.1 Å². The lowest BCUT2D eigenvalue weighted by molar-refractivity contribution is -0.926. The molecular weight excluding hydrogens is 464 g/mol. The number of quaternary nitrogens is 1. The van der Waals surface area contributed by atoms with Crippen molar-refractivity contribution in [3.05, 3.63) is 0 Å². The highest BCUT2D eigenvalue weighted by Gasteiger charge is 2.28. The highest BCUT2D eigenvalue weighted by atomic mass is 35.5. The largest absolute Gasteiger partial charge is 1.00 e. The molecule has 0 bridgehead atoms. The fourth-order valence-corrected chi connectivity index (χ4v) is 4.71. The zero-order chi connectivity index (χ0) is 25.5. The van der Waals surface area contributed by atoms with E-state index in [0.29, 0.717) is 24.1 Å². The molecule has 0 aliphatic carbocycles. The van der Waals surface area contributed by atoms with Crippen LogP contribution in [0.4, 0.5) is 0 Å². The maximum atomic E-state index is 11.4. The van der Waals surface area contributed by atoms with Crippen molar-refractivity contribution in [3.63, 3.8) is 0 Å². The predicted molar refractivity (Wildman–Crippen MR) is 141 cm³/mol. The monoisotopic (exact) mass is 518 g/mol. The van der Waals surface area contributed by atoms with Crippen molar-refractivity contribution in [3.8, 4) is 0 Å². The van der Waals surface area contributed by atoms with E-state index < -0.39 is 0 Å². The second-order valence-corrected chi connectivity index (χ2v) is 10.2. The molecule has 0 radical (unpaired) electrons. The third-order valence-corrected chi connectivity index (χ3v) is 6.98. The van der Waals surface area contributed by atoms with Gasteiger partial charge in [0.25, 0.3) is 0 Å². The highest BCUT2D eigenvalue weighted by molar-refractivity contribution is 5.74. The Bertz CT molecular complexity index is 501. The molecule has 0 aromatic carbocycles. The number of nitrogens with zero attached hydrogens (tertiary/aromatic N) is 1.